The van der Waals surface area contributed by atoms with E-state index in [9.17, 15) is 4.79 Å². The average molecular weight is 369 g/mol. The fourth-order valence-electron chi connectivity index (χ4n) is 2.06. The van der Waals surface area contributed by atoms with Gasteiger partial charge in [0.05, 0.1) is 11.9 Å². The van der Waals surface area contributed by atoms with Crippen LogP contribution in [-0.4, -0.2) is 9.78 Å². The first kappa shape index (κ1) is 14.6. The maximum Gasteiger partial charge on any atom is 0.283 e. The summed E-state index contributed by atoms with van der Waals surface area (Å²) in [4.78, 5) is 12.2. The second-order valence-electron chi connectivity index (χ2n) is 5.28. The van der Waals surface area contributed by atoms with E-state index in [-0.39, 0.29) is 5.56 Å². The number of rotatable bonds is 5. The van der Waals surface area contributed by atoms with Crippen LogP contribution < -0.4 is 10.9 Å². The van der Waals surface area contributed by atoms with Crippen molar-refractivity contribution < 1.29 is 0 Å². The van der Waals surface area contributed by atoms with Crippen molar-refractivity contribution in [1.82, 2.24) is 9.78 Å². The minimum atomic E-state index is -0.0805. The second-order valence-corrected chi connectivity index (χ2v) is 6.51. The third-order valence-corrected chi connectivity index (χ3v) is 4.53. The Morgan fingerprint density at radius 3 is 2.71 bits per heavy atom. The second kappa shape index (κ2) is 6.20. The first-order valence-corrected chi connectivity index (χ1v) is 8.04. The minimum absolute atomic E-state index is 0.0805. The highest BCUT2D eigenvalue weighted by Crippen LogP contribution is 2.30. The van der Waals surface area contributed by atoms with Crippen molar-refractivity contribution in [2.45, 2.75) is 25.9 Å². The number of halogens is 2. The van der Waals surface area contributed by atoms with Crippen molar-refractivity contribution in [3.8, 4) is 0 Å². The number of nitrogens with zero attached hydrogens (tertiary/aromatic N) is 2. The number of hydrogen-bond acceptors (Lipinski definition) is 3. The van der Waals surface area contributed by atoms with E-state index < -0.39 is 0 Å². The molecule has 1 aromatic heterocycles. The maximum atomic E-state index is 12.2. The van der Waals surface area contributed by atoms with Crippen LogP contribution in [0.1, 0.15) is 18.4 Å². The molecule has 0 aliphatic heterocycles. The predicted molar refractivity (Wildman–Crippen MR) is 87.7 cm³/mol. The Kier molecular flexibility index (Phi) is 4.31. The molecule has 21 heavy (non-hydrogen) atoms. The van der Waals surface area contributed by atoms with E-state index in [4.69, 9.17) is 11.6 Å². The largest absolute Gasteiger partial charge is 0.379 e. The van der Waals surface area contributed by atoms with Gasteiger partial charge in [-0.3, -0.25) is 4.79 Å². The van der Waals surface area contributed by atoms with Gasteiger partial charge in [-0.2, -0.15) is 5.10 Å². The molecular formula is C15H15BrClN3O. The molecule has 2 aromatic rings. The number of benzene rings is 1. The van der Waals surface area contributed by atoms with E-state index in [1.165, 1.54) is 17.5 Å². The summed E-state index contributed by atoms with van der Waals surface area (Å²) in [5, 5.41) is 8.17. The predicted octanol–water partition coefficient (Wildman–Crippen LogP) is 3.68. The average Bonchev–Trinajstić information content (AvgIpc) is 3.29. The van der Waals surface area contributed by atoms with Gasteiger partial charge in [-0.25, -0.2) is 4.68 Å². The van der Waals surface area contributed by atoms with Gasteiger partial charge >= 0.3 is 0 Å². The van der Waals surface area contributed by atoms with Gasteiger partial charge < -0.3 is 5.32 Å². The molecule has 1 saturated carbocycles. The van der Waals surface area contributed by atoms with Crippen molar-refractivity contribution in [3.05, 3.63) is 55.9 Å². The van der Waals surface area contributed by atoms with Crippen LogP contribution in [0.15, 0.2) is 39.7 Å². The lowest BCUT2D eigenvalue weighted by atomic mass is 10.2. The van der Waals surface area contributed by atoms with Crippen molar-refractivity contribution in [2.24, 2.45) is 5.92 Å². The summed E-state index contributed by atoms with van der Waals surface area (Å²) < 4.78 is 2.07. The van der Waals surface area contributed by atoms with Crippen molar-refractivity contribution in [2.75, 3.05) is 5.32 Å². The van der Waals surface area contributed by atoms with Crippen molar-refractivity contribution in [3.63, 3.8) is 0 Å². The first-order valence-electron chi connectivity index (χ1n) is 6.87. The standard InChI is InChI=1S/C15H15BrClN3O/c16-14-13(18-7-10-3-5-12(17)6-4-10)8-19-20(15(14)21)9-11-1-2-11/h3-6,8,11,18H,1-2,7,9H2. The lowest BCUT2D eigenvalue weighted by Crippen LogP contribution is -2.25. The van der Waals surface area contributed by atoms with Gasteiger partial charge in [-0.1, -0.05) is 23.7 Å². The molecule has 1 aliphatic carbocycles. The van der Waals surface area contributed by atoms with Gasteiger partial charge in [0.15, 0.2) is 0 Å². The SMILES string of the molecule is O=c1c(Br)c(NCc2ccc(Cl)cc2)cnn1CC1CC1. The van der Waals surface area contributed by atoms with Gasteiger partial charge in [-0.05, 0) is 52.4 Å². The van der Waals surface area contributed by atoms with E-state index in [1.807, 2.05) is 24.3 Å². The van der Waals surface area contributed by atoms with Gasteiger partial charge in [0.25, 0.3) is 5.56 Å². The summed E-state index contributed by atoms with van der Waals surface area (Å²) in [5.74, 6) is 0.620. The minimum Gasteiger partial charge on any atom is -0.379 e. The molecule has 1 N–H and O–H groups in total. The van der Waals surface area contributed by atoms with Crippen LogP contribution in [0.5, 0.6) is 0 Å². The molecule has 0 saturated heterocycles. The molecule has 0 spiro atoms. The van der Waals surface area contributed by atoms with Gasteiger partial charge in [0, 0.05) is 18.1 Å². The molecular weight excluding hydrogens is 354 g/mol. The van der Waals surface area contributed by atoms with E-state index in [1.54, 1.807) is 6.20 Å². The lowest BCUT2D eigenvalue weighted by molar-refractivity contribution is 0.532. The Labute approximate surface area is 136 Å². The number of hydrogen-bond donors (Lipinski definition) is 1. The molecule has 1 aromatic carbocycles. The molecule has 1 fully saturated rings. The maximum absolute atomic E-state index is 12.2. The van der Waals surface area contributed by atoms with E-state index in [2.05, 4.69) is 26.3 Å². The molecule has 3 rings (SSSR count). The Balaban J connectivity index is 1.71. The first-order chi connectivity index (χ1) is 10.1. The quantitative estimate of drug-likeness (QED) is 0.875. The van der Waals surface area contributed by atoms with Crippen molar-refractivity contribution >= 4 is 33.2 Å². The van der Waals surface area contributed by atoms with E-state index >= 15 is 0 Å². The zero-order chi connectivity index (χ0) is 14.8. The van der Waals surface area contributed by atoms with Crippen LogP contribution in [0.2, 0.25) is 5.02 Å². The van der Waals surface area contributed by atoms with Gasteiger partial charge in [0.2, 0.25) is 0 Å². The summed E-state index contributed by atoms with van der Waals surface area (Å²) >= 11 is 9.23. The van der Waals surface area contributed by atoms with Crippen LogP contribution in [0.4, 0.5) is 5.69 Å². The lowest BCUT2D eigenvalue weighted by Gasteiger charge is -2.10. The zero-order valence-electron chi connectivity index (χ0n) is 11.4. The molecule has 110 valence electrons. The highest BCUT2D eigenvalue weighted by Gasteiger charge is 2.23. The Morgan fingerprint density at radius 2 is 2.05 bits per heavy atom. The highest BCUT2D eigenvalue weighted by atomic mass is 79.9. The molecule has 0 amide bonds. The Bertz CT molecular complexity index is 695. The molecule has 4 nitrogen and oxygen atoms in total. The fourth-order valence-corrected chi connectivity index (χ4v) is 2.64. The number of aromatic nitrogens is 2. The number of anilines is 1. The Hall–Kier alpha value is -1.33. The summed E-state index contributed by atoms with van der Waals surface area (Å²) in [7, 11) is 0. The smallest absolute Gasteiger partial charge is 0.283 e. The summed E-state index contributed by atoms with van der Waals surface area (Å²) in [6.07, 6.45) is 4.09. The van der Waals surface area contributed by atoms with Crippen molar-refractivity contribution in [1.29, 1.82) is 0 Å². The number of nitrogens with one attached hydrogen (secondary N) is 1. The summed E-state index contributed by atoms with van der Waals surface area (Å²) in [6.45, 7) is 1.33. The summed E-state index contributed by atoms with van der Waals surface area (Å²) in [6, 6.07) is 7.59. The van der Waals surface area contributed by atoms with Crippen LogP contribution in [-0.2, 0) is 13.1 Å². The molecule has 1 heterocycles. The molecule has 0 unspecified atom stereocenters. The normalized spacial score (nSPS) is 14.2. The molecule has 0 bridgehead atoms. The third kappa shape index (κ3) is 3.66. The van der Waals surface area contributed by atoms with E-state index in [0.717, 1.165) is 12.1 Å². The molecule has 1 aliphatic rings. The van der Waals surface area contributed by atoms with Crippen LogP contribution in [0, 0.1) is 5.92 Å². The van der Waals surface area contributed by atoms with Crippen LogP contribution in [0.3, 0.4) is 0 Å². The monoisotopic (exact) mass is 367 g/mol. The highest BCUT2D eigenvalue weighted by molar-refractivity contribution is 9.10. The molecule has 0 atom stereocenters. The van der Waals surface area contributed by atoms with Crippen LogP contribution >= 0.6 is 27.5 Å². The topological polar surface area (TPSA) is 46.9 Å². The van der Waals surface area contributed by atoms with Gasteiger partial charge in [0.1, 0.15) is 4.47 Å². The third-order valence-electron chi connectivity index (χ3n) is 3.51. The Morgan fingerprint density at radius 1 is 1.33 bits per heavy atom. The molecule has 0 radical (unpaired) electrons. The zero-order valence-corrected chi connectivity index (χ0v) is 13.7. The van der Waals surface area contributed by atoms with Crippen LogP contribution in [0.25, 0.3) is 0 Å². The van der Waals surface area contributed by atoms with Gasteiger partial charge in [-0.15, -0.1) is 0 Å². The summed E-state index contributed by atoms with van der Waals surface area (Å²) in [5.41, 5.74) is 1.72. The fraction of sp³-hybridized carbons (Fsp3) is 0.333. The van der Waals surface area contributed by atoms with E-state index in [0.29, 0.717) is 27.6 Å². The molecule has 6 heteroatoms.